The number of ketones is 1. The fourth-order valence-electron chi connectivity index (χ4n) is 4.51. The molecule has 0 aliphatic heterocycles. The molecule has 0 aromatic carbocycles. The second kappa shape index (κ2) is 15.9. The number of carbonyl (C=O) groups is 2. The highest BCUT2D eigenvalue weighted by molar-refractivity contribution is 6.74. The molecule has 1 aliphatic carbocycles. The summed E-state index contributed by atoms with van der Waals surface area (Å²) < 4.78 is 18.5. The van der Waals surface area contributed by atoms with Crippen LogP contribution < -0.4 is 0 Å². The third kappa shape index (κ3) is 11.6. The van der Waals surface area contributed by atoms with Crippen molar-refractivity contribution in [1.82, 2.24) is 0 Å². The van der Waals surface area contributed by atoms with E-state index in [1.807, 2.05) is 0 Å². The smallest absolute Gasteiger partial charge is 0.306 e. The van der Waals surface area contributed by atoms with Crippen LogP contribution in [0, 0.1) is 23.7 Å². The molecule has 0 saturated heterocycles. The normalized spacial score (nSPS) is 21.4. The molecule has 0 aromatic heterocycles. The molecular weight excluding hydrogens is 533 g/mol. The average Bonchev–Trinajstić information content (AvgIpc) is 3.10. The molecule has 1 fully saturated rings. The van der Waals surface area contributed by atoms with E-state index in [1.54, 1.807) is 0 Å². The minimum Gasteiger partial charge on any atom is -0.469 e. The Balaban J connectivity index is 3.22. The summed E-state index contributed by atoms with van der Waals surface area (Å²) >= 11 is 0. The van der Waals surface area contributed by atoms with Crippen molar-refractivity contribution in [2.75, 3.05) is 7.11 Å². The van der Waals surface area contributed by atoms with Crippen molar-refractivity contribution >= 4 is 28.4 Å². The van der Waals surface area contributed by atoms with Gasteiger partial charge in [0.15, 0.2) is 16.6 Å². The molecule has 4 atom stereocenters. The van der Waals surface area contributed by atoms with Crippen LogP contribution in [0.3, 0.4) is 0 Å². The molecule has 0 amide bonds. The van der Waals surface area contributed by atoms with E-state index in [0.717, 1.165) is 12.8 Å². The zero-order valence-corrected chi connectivity index (χ0v) is 29.9. The third-order valence-electron chi connectivity index (χ3n) is 9.24. The van der Waals surface area contributed by atoms with Gasteiger partial charge in [-0.1, -0.05) is 79.9 Å². The van der Waals surface area contributed by atoms with E-state index < -0.39 is 16.6 Å². The number of carbonyl (C=O) groups excluding carboxylic acids is 2. The van der Waals surface area contributed by atoms with Crippen LogP contribution in [0.25, 0.3) is 0 Å². The Morgan fingerprint density at radius 2 is 1.60 bits per heavy atom. The minimum atomic E-state index is -2.06. The molecule has 0 bridgehead atoms. The highest BCUT2D eigenvalue weighted by Gasteiger charge is 2.47. The van der Waals surface area contributed by atoms with Gasteiger partial charge in [0.05, 0.1) is 25.7 Å². The number of methoxy groups -OCH3 is 1. The molecule has 0 N–H and O–H groups in total. The van der Waals surface area contributed by atoms with E-state index in [2.05, 4.69) is 103 Å². The average molecular weight is 593 g/mol. The summed E-state index contributed by atoms with van der Waals surface area (Å²) in [6.45, 7) is 25.0. The van der Waals surface area contributed by atoms with E-state index >= 15 is 0 Å². The van der Waals surface area contributed by atoms with Crippen LogP contribution in [0.1, 0.15) is 106 Å². The van der Waals surface area contributed by atoms with Crippen molar-refractivity contribution in [2.45, 2.75) is 155 Å². The van der Waals surface area contributed by atoms with Crippen molar-refractivity contribution < 1.29 is 23.2 Å². The van der Waals surface area contributed by atoms with Gasteiger partial charge in [-0.15, -0.1) is 11.8 Å². The zero-order chi connectivity index (χ0) is 30.8. The number of hydrogen-bond donors (Lipinski definition) is 0. The maximum absolute atomic E-state index is 13.4. The van der Waals surface area contributed by atoms with Gasteiger partial charge < -0.3 is 13.6 Å². The first kappa shape index (κ1) is 36.8. The number of rotatable bonds is 14. The van der Waals surface area contributed by atoms with Crippen LogP contribution in [0.4, 0.5) is 0 Å². The maximum Gasteiger partial charge on any atom is 0.306 e. The predicted molar refractivity (Wildman–Crippen MR) is 172 cm³/mol. The van der Waals surface area contributed by atoms with Crippen molar-refractivity contribution in [3.63, 3.8) is 0 Å². The van der Waals surface area contributed by atoms with Gasteiger partial charge in [0.2, 0.25) is 0 Å². The van der Waals surface area contributed by atoms with Gasteiger partial charge in [-0.2, -0.15) is 0 Å². The Morgan fingerprint density at radius 3 is 2.15 bits per heavy atom. The molecule has 5 nitrogen and oxygen atoms in total. The lowest BCUT2D eigenvalue weighted by Gasteiger charge is -2.40. The molecule has 0 heterocycles. The van der Waals surface area contributed by atoms with E-state index in [9.17, 15) is 9.59 Å². The molecule has 0 aromatic rings. The summed E-state index contributed by atoms with van der Waals surface area (Å²) in [6.07, 6.45) is 11.6. The van der Waals surface area contributed by atoms with Crippen LogP contribution in [0.2, 0.25) is 36.3 Å². The van der Waals surface area contributed by atoms with Gasteiger partial charge in [-0.25, -0.2) is 0 Å². The molecule has 1 rings (SSSR count). The lowest BCUT2D eigenvalue weighted by molar-refractivity contribution is -0.140. The van der Waals surface area contributed by atoms with Crippen molar-refractivity contribution in [2.24, 2.45) is 11.8 Å². The molecule has 1 aliphatic rings. The van der Waals surface area contributed by atoms with Gasteiger partial charge in [-0.3, -0.25) is 9.59 Å². The Labute approximate surface area is 248 Å². The summed E-state index contributed by atoms with van der Waals surface area (Å²) in [7, 11) is -2.62. The van der Waals surface area contributed by atoms with Crippen molar-refractivity contribution in [3.8, 4) is 11.8 Å². The van der Waals surface area contributed by atoms with Gasteiger partial charge in [0.1, 0.15) is 5.78 Å². The number of Topliss-reactive ketones (excluding diaryl/α,β-unsaturated/α-hetero) is 1. The van der Waals surface area contributed by atoms with Crippen LogP contribution >= 0.6 is 0 Å². The SMILES string of the molecule is CCCCC[C@@H](/C=C/[C@H]1[C@H](O[Si](C)(C)C(C)(C)C)CC(=O)[C@@H]1CCC#CCCC(=O)OC)O[Si](C)(C)C(C)(C)C. The zero-order valence-electron chi connectivity index (χ0n) is 27.9. The fraction of sp³-hybridized carbons (Fsp3) is 0.818. The molecule has 40 heavy (non-hydrogen) atoms. The van der Waals surface area contributed by atoms with Gasteiger partial charge >= 0.3 is 5.97 Å². The monoisotopic (exact) mass is 592 g/mol. The largest absolute Gasteiger partial charge is 0.469 e. The van der Waals surface area contributed by atoms with Crippen LogP contribution in [0.15, 0.2) is 12.2 Å². The van der Waals surface area contributed by atoms with E-state index in [1.165, 1.54) is 20.0 Å². The van der Waals surface area contributed by atoms with Crippen LogP contribution in [0.5, 0.6) is 0 Å². The Kier molecular flexibility index (Phi) is 14.6. The Bertz CT molecular complexity index is 899. The molecule has 0 spiro atoms. The highest BCUT2D eigenvalue weighted by Crippen LogP contribution is 2.43. The van der Waals surface area contributed by atoms with E-state index in [4.69, 9.17) is 8.85 Å². The first-order valence-electron chi connectivity index (χ1n) is 15.5. The summed E-state index contributed by atoms with van der Waals surface area (Å²) in [5.41, 5.74) is 0. The molecule has 0 unspecified atom stereocenters. The summed E-state index contributed by atoms with van der Waals surface area (Å²) in [5, 5.41) is 0.206. The van der Waals surface area contributed by atoms with Gasteiger partial charge in [0.25, 0.3) is 0 Å². The van der Waals surface area contributed by atoms with E-state index in [-0.39, 0.29) is 45.9 Å². The number of hydrogen-bond acceptors (Lipinski definition) is 5. The second-order valence-corrected chi connectivity index (χ2v) is 24.0. The second-order valence-electron chi connectivity index (χ2n) is 14.5. The molecule has 230 valence electrons. The molecular formula is C33H60O5Si2. The summed E-state index contributed by atoms with van der Waals surface area (Å²) in [6, 6.07) is 0. The van der Waals surface area contributed by atoms with Gasteiger partial charge in [0, 0.05) is 31.1 Å². The first-order valence-corrected chi connectivity index (χ1v) is 21.3. The van der Waals surface area contributed by atoms with E-state index in [0.29, 0.717) is 32.1 Å². The number of esters is 1. The number of ether oxygens (including phenoxy) is 1. The summed E-state index contributed by atoms with van der Waals surface area (Å²) in [4.78, 5) is 24.7. The van der Waals surface area contributed by atoms with Crippen molar-refractivity contribution in [1.29, 1.82) is 0 Å². The topological polar surface area (TPSA) is 61.8 Å². The van der Waals surface area contributed by atoms with Crippen LogP contribution in [-0.2, 0) is 23.2 Å². The lowest BCUT2D eigenvalue weighted by atomic mass is 9.89. The Hall–Kier alpha value is -1.21. The molecule has 7 heteroatoms. The fourth-order valence-corrected chi connectivity index (χ4v) is 7.17. The van der Waals surface area contributed by atoms with Crippen molar-refractivity contribution in [3.05, 3.63) is 12.2 Å². The Morgan fingerprint density at radius 1 is 1.00 bits per heavy atom. The minimum absolute atomic E-state index is 0.0233. The highest BCUT2D eigenvalue weighted by atomic mass is 28.4. The van der Waals surface area contributed by atoms with Gasteiger partial charge in [-0.05, 0) is 49.1 Å². The predicted octanol–water partition coefficient (Wildman–Crippen LogP) is 8.85. The first-order chi connectivity index (χ1) is 18.4. The third-order valence-corrected chi connectivity index (χ3v) is 18.3. The number of unbranched alkanes of at least 4 members (excludes halogenated alkanes) is 2. The quantitative estimate of drug-likeness (QED) is 0.0663. The lowest BCUT2D eigenvalue weighted by Crippen LogP contribution is -2.45. The summed E-state index contributed by atoms with van der Waals surface area (Å²) in [5.74, 6) is 6.21. The standard InChI is InChI=1S/C33H60O5Si2/c1-13-14-17-20-26(37-39(9,10)32(2,3)4)23-24-28-27(21-18-15-16-19-22-31(35)36-8)29(34)25-30(28)38-40(11,12)33(5,6)7/h23-24,26-28,30H,13-14,17-22,25H2,1-12H3/b24-23+/t26-,27+,28+,30+/m0/s1. The molecule has 1 saturated carbocycles. The van der Waals surface area contributed by atoms with Crippen LogP contribution in [-0.4, -0.2) is 47.7 Å². The molecule has 0 radical (unpaired) electrons. The maximum atomic E-state index is 13.4.